The number of imidazole rings is 1. The monoisotopic (exact) mass is 286 g/mol. The number of aromatic nitrogens is 2. The second-order valence-electron chi connectivity index (χ2n) is 4.62. The van der Waals surface area contributed by atoms with Gasteiger partial charge in [0.1, 0.15) is 4.88 Å². The molecular formula is C14H14N4OS. The van der Waals surface area contributed by atoms with E-state index in [9.17, 15) is 4.79 Å². The topological polar surface area (TPSA) is 72.4 Å². The molecule has 0 saturated carbocycles. The molecule has 0 atom stereocenters. The van der Waals surface area contributed by atoms with E-state index in [1.54, 1.807) is 0 Å². The number of aryl methyl sites for hydroxylation is 2. The number of thiazole rings is 1. The highest BCUT2D eigenvalue weighted by molar-refractivity contribution is 7.19. The molecule has 3 rings (SSSR count). The van der Waals surface area contributed by atoms with Crippen molar-refractivity contribution in [3.05, 3.63) is 46.6 Å². The smallest absolute Gasteiger partial charge is 0.277 e. The maximum atomic E-state index is 11.7. The van der Waals surface area contributed by atoms with E-state index in [0.717, 1.165) is 21.9 Å². The first-order valence-corrected chi connectivity index (χ1v) is 6.98. The van der Waals surface area contributed by atoms with Gasteiger partial charge in [0.05, 0.1) is 11.9 Å². The van der Waals surface area contributed by atoms with Crippen LogP contribution in [-0.4, -0.2) is 15.3 Å². The quantitative estimate of drug-likeness (QED) is 0.431. The van der Waals surface area contributed by atoms with E-state index in [2.05, 4.69) is 41.6 Å². The molecule has 3 aromatic rings. The lowest BCUT2D eigenvalue weighted by atomic mass is 10.1. The van der Waals surface area contributed by atoms with Gasteiger partial charge in [-0.3, -0.25) is 14.6 Å². The van der Waals surface area contributed by atoms with Crippen LogP contribution in [-0.2, 0) is 0 Å². The van der Waals surface area contributed by atoms with Gasteiger partial charge in [0.2, 0.25) is 0 Å². The predicted octanol–water partition coefficient (Wildman–Crippen LogP) is 2.28. The van der Waals surface area contributed by atoms with Gasteiger partial charge in [-0.15, -0.1) is 0 Å². The summed E-state index contributed by atoms with van der Waals surface area (Å²) in [5.41, 5.74) is 6.28. The summed E-state index contributed by atoms with van der Waals surface area (Å²) in [5.74, 6) is 4.92. The summed E-state index contributed by atoms with van der Waals surface area (Å²) < 4.78 is 1.99. The van der Waals surface area contributed by atoms with Crippen molar-refractivity contribution < 1.29 is 4.79 Å². The lowest BCUT2D eigenvalue weighted by molar-refractivity contribution is 0.0957. The van der Waals surface area contributed by atoms with E-state index in [1.165, 1.54) is 16.9 Å². The van der Waals surface area contributed by atoms with Gasteiger partial charge < -0.3 is 0 Å². The Hall–Kier alpha value is -2.18. The largest absolute Gasteiger partial charge is 0.289 e. The summed E-state index contributed by atoms with van der Waals surface area (Å²) in [6.07, 6.45) is 1.83. The number of nitrogens with one attached hydrogen (secondary N) is 1. The summed E-state index contributed by atoms with van der Waals surface area (Å²) >= 11 is 1.34. The van der Waals surface area contributed by atoms with Crippen molar-refractivity contribution in [2.45, 2.75) is 13.8 Å². The molecule has 0 aliphatic rings. The molecule has 20 heavy (non-hydrogen) atoms. The van der Waals surface area contributed by atoms with Gasteiger partial charge in [0.25, 0.3) is 5.91 Å². The molecule has 0 bridgehead atoms. The molecule has 2 heterocycles. The molecule has 0 radical (unpaired) electrons. The summed E-state index contributed by atoms with van der Waals surface area (Å²) in [7, 11) is 0. The van der Waals surface area contributed by atoms with Gasteiger partial charge in [-0.25, -0.2) is 10.8 Å². The zero-order valence-corrected chi connectivity index (χ0v) is 12.0. The molecule has 0 fully saturated rings. The van der Waals surface area contributed by atoms with Crippen molar-refractivity contribution in [2.24, 2.45) is 5.84 Å². The number of nitrogens with two attached hydrogens (primary N) is 1. The van der Waals surface area contributed by atoms with Gasteiger partial charge in [0, 0.05) is 11.3 Å². The molecule has 0 saturated heterocycles. The fourth-order valence-corrected chi connectivity index (χ4v) is 3.21. The zero-order valence-electron chi connectivity index (χ0n) is 11.2. The molecule has 6 heteroatoms. The Labute approximate surface area is 120 Å². The van der Waals surface area contributed by atoms with E-state index >= 15 is 0 Å². The molecule has 0 spiro atoms. The average Bonchev–Trinajstić information content (AvgIpc) is 3.00. The highest BCUT2D eigenvalue weighted by Gasteiger charge is 2.18. The van der Waals surface area contributed by atoms with Crippen molar-refractivity contribution in [3.63, 3.8) is 0 Å². The van der Waals surface area contributed by atoms with Gasteiger partial charge >= 0.3 is 0 Å². The van der Waals surface area contributed by atoms with E-state index in [0.29, 0.717) is 4.88 Å². The SMILES string of the molecule is Cc1ccc(-c2cnc3sc(C(=O)NN)c(C)n23)cc1. The van der Waals surface area contributed by atoms with Crippen molar-refractivity contribution in [3.8, 4) is 11.3 Å². The summed E-state index contributed by atoms with van der Waals surface area (Å²) in [6.45, 7) is 3.95. The van der Waals surface area contributed by atoms with Crippen LogP contribution in [0.3, 0.4) is 0 Å². The standard InChI is InChI=1S/C14H14N4OS/c1-8-3-5-10(6-4-8)11-7-16-14-18(11)9(2)12(20-14)13(19)17-15/h3-7H,15H2,1-2H3,(H,17,19). The predicted molar refractivity (Wildman–Crippen MR) is 79.6 cm³/mol. The number of amides is 1. The molecule has 0 aliphatic heterocycles. The van der Waals surface area contributed by atoms with E-state index in [4.69, 9.17) is 5.84 Å². The Morgan fingerprint density at radius 3 is 2.65 bits per heavy atom. The Bertz CT molecular complexity index is 785. The van der Waals surface area contributed by atoms with Gasteiger partial charge in [-0.1, -0.05) is 41.2 Å². The fraction of sp³-hybridized carbons (Fsp3) is 0.143. The number of nitrogen functional groups attached to an aromatic ring is 1. The van der Waals surface area contributed by atoms with Crippen LogP contribution in [0, 0.1) is 13.8 Å². The molecule has 0 unspecified atom stereocenters. The molecule has 5 nitrogen and oxygen atoms in total. The molecule has 102 valence electrons. The van der Waals surface area contributed by atoms with Crippen LogP contribution < -0.4 is 11.3 Å². The Morgan fingerprint density at radius 1 is 1.30 bits per heavy atom. The lowest BCUT2D eigenvalue weighted by Crippen LogP contribution is -2.29. The van der Waals surface area contributed by atoms with Crippen molar-refractivity contribution in [1.29, 1.82) is 0 Å². The number of fused-ring (bicyclic) bond motifs is 1. The first-order valence-electron chi connectivity index (χ1n) is 6.16. The lowest BCUT2D eigenvalue weighted by Gasteiger charge is -2.03. The Balaban J connectivity index is 2.20. The summed E-state index contributed by atoms with van der Waals surface area (Å²) in [6, 6.07) is 8.23. The molecular weight excluding hydrogens is 272 g/mol. The number of nitrogens with zero attached hydrogens (tertiary/aromatic N) is 2. The van der Waals surface area contributed by atoms with Crippen molar-refractivity contribution >= 4 is 22.2 Å². The second-order valence-corrected chi connectivity index (χ2v) is 5.60. The third-order valence-electron chi connectivity index (χ3n) is 3.27. The van der Waals surface area contributed by atoms with Crippen LogP contribution in [0.25, 0.3) is 16.2 Å². The van der Waals surface area contributed by atoms with Gasteiger partial charge in [0.15, 0.2) is 4.96 Å². The highest BCUT2D eigenvalue weighted by atomic mass is 32.1. The summed E-state index contributed by atoms with van der Waals surface area (Å²) in [5, 5.41) is 0. The highest BCUT2D eigenvalue weighted by Crippen LogP contribution is 2.29. The zero-order chi connectivity index (χ0) is 14.3. The number of hydrogen-bond donors (Lipinski definition) is 2. The van der Waals surface area contributed by atoms with Gasteiger partial charge in [-0.2, -0.15) is 0 Å². The summed E-state index contributed by atoms with van der Waals surface area (Å²) in [4.78, 5) is 17.5. The number of hydrazine groups is 1. The minimum atomic E-state index is -0.284. The van der Waals surface area contributed by atoms with Crippen LogP contribution >= 0.6 is 11.3 Å². The first kappa shape index (κ1) is 12.8. The number of carbonyl (C=O) groups excluding carboxylic acids is 1. The molecule has 1 aromatic carbocycles. The van der Waals surface area contributed by atoms with Crippen LogP contribution in [0.1, 0.15) is 20.9 Å². The molecule has 0 aliphatic carbocycles. The Morgan fingerprint density at radius 2 is 2.00 bits per heavy atom. The normalized spacial score (nSPS) is 10.9. The molecule has 1 amide bonds. The van der Waals surface area contributed by atoms with Crippen molar-refractivity contribution in [2.75, 3.05) is 0 Å². The minimum Gasteiger partial charge on any atom is -0.289 e. The molecule has 3 N–H and O–H groups in total. The number of hydrogen-bond acceptors (Lipinski definition) is 4. The van der Waals surface area contributed by atoms with E-state index < -0.39 is 0 Å². The third-order valence-corrected chi connectivity index (χ3v) is 4.43. The fourth-order valence-electron chi connectivity index (χ4n) is 2.20. The van der Waals surface area contributed by atoms with Crippen LogP contribution in [0.15, 0.2) is 30.5 Å². The van der Waals surface area contributed by atoms with Crippen LogP contribution in [0.4, 0.5) is 0 Å². The van der Waals surface area contributed by atoms with Crippen LogP contribution in [0.2, 0.25) is 0 Å². The third kappa shape index (κ3) is 1.90. The maximum absolute atomic E-state index is 11.7. The Kier molecular flexibility index (Phi) is 3.04. The maximum Gasteiger partial charge on any atom is 0.277 e. The first-order chi connectivity index (χ1) is 9.61. The number of benzene rings is 1. The number of carbonyl (C=O) groups is 1. The molecule has 2 aromatic heterocycles. The van der Waals surface area contributed by atoms with E-state index in [1.807, 2.05) is 17.5 Å². The van der Waals surface area contributed by atoms with Crippen molar-refractivity contribution in [1.82, 2.24) is 14.8 Å². The average molecular weight is 286 g/mol. The van der Waals surface area contributed by atoms with E-state index in [-0.39, 0.29) is 5.91 Å². The second kappa shape index (κ2) is 4.73. The number of rotatable bonds is 2. The minimum absolute atomic E-state index is 0.284. The van der Waals surface area contributed by atoms with Crippen LogP contribution in [0.5, 0.6) is 0 Å². The van der Waals surface area contributed by atoms with Gasteiger partial charge in [-0.05, 0) is 13.8 Å².